The molecule has 0 spiro atoms. The molecular formula is C16H25N3O2S. The normalized spacial score (nSPS) is 21.7. The number of hydrogen-bond acceptors (Lipinski definition) is 5. The van der Waals surface area contributed by atoms with E-state index in [2.05, 4.69) is 27.3 Å². The summed E-state index contributed by atoms with van der Waals surface area (Å²) >= 11 is 1.83. The van der Waals surface area contributed by atoms with E-state index in [1.54, 1.807) is 0 Å². The summed E-state index contributed by atoms with van der Waals surface area (Å²) in [5.41, 5.74) is 0. The highest BCUT2D eigenvalue weighted by Crippen LogP contribution is 2.14. The Bertz CT molecular complexity index is 460. The van der Waals surface area contributed by atoms with Crippen LogP contribution >= 0.6 is 11.3 Å². The Balaban J connectivity index is 1.44. The fraction of sp³-hybridized carbons (Fsp3) is 0.688. The third-order valence-corrected chi connectivity index (χ3v) is 5.22. The van der Waals surface area contributed by atoms with Crippen molar-refractivity contribution in [3.8, 4) is 0 Å². The van der Waals surface area contributed by atoms with Crippen LogP contribution in [0.3, 0.4) is 0 Å². The molecule has 0 radical (unpaired) electrons. The van der Waals surface area contributed by atoms with Crippen molar-refractivity contribution in [1.29, 1.82) is 0 Å². The van der Waals surface area contributed by atoms with Crippen molar-refractivity contribution in [3.63, 3.8) is 0 Å². The van der Waals surface area contributed by atoms with Crippen molar-refractivity contribution in [2.45, 2.75) is 13.0 Å². The van der Waals surface area contributed by atoms with E-state index in [-0.39, 0.29) is 5.91 Å². The van der Waals surface area contributed by atoms with Gasteiger partial charge in [0.1, 0.15) is 0 Å². The molecule has 2 fully saturated rings. The molecule has 0 aromatic carbocycles. The maximum absolute atomic E-state index is 12.3. The van der Waals surface area contributed by atoms with Crippen LogP contribution in [-0.4, -0.2) is 79.6 Å². The molecule has 22 heavy (non-hydrogen) atoms. The van der Waals surface area contributed by atoms with Crippen LogP contribution in [0.15, 0.2) is 17.5 Å². The first-order valence-corrected chi connectivity index (χ1v) is 9.02. The van der Waals surface area contributed by atoms with Crippen molar-refractivity contribution < 1.29 is 9.53 Å². The minimum absolute atomic E-state index is 0.259. The molecule has 0 bridgehead atoms. The van der Waals surface area contributed by atoms with Gasteiger partial charge in [-0.15, -0.1) is 11.3 Å². The standard InChI is InChI=1S/C16H25N3O2S/c20-16(19-8-10-21-11-9-19)14-18-5-2-4-17(6-7-18)13-15-3-1-12-22-15/h1,3,12H,2,4-11,13-14H2. The van der Waals surface area contributed by atoms with Crippen LogP contribution in [0.5, 0.6) is 0 Å². The molecule has 0 aliphatic carbocycles. The molecule has 1 amide bonds. The molecule has 0 unspecified atom stereocenters. The zero-order valence-electron chi connectivity index (χ0n) is 13.1. The van der Waals surface area contributed by atoms with E-state index in [1.165, 1.54) is 4.88 Å². The highest BCUT2D eigenvalue weighted by molar-refractivity contribution is 7.09. The lowest BCUT2D eigenvalue weighted by atomic mass is 10.3. The minimum Gasteiger partial charge on any atom is -0.378 e. The third-order valence-electron chi connectivity index (χ3n) is 4.36. The molecule has 122 valence electrons. The Morgan fingerprint density at radius 1 is 1.09 bits per heavy atom. The molecule has 0 atom stereocenters. The summed E-state index contributed by atoms with van der Waals surface area (Å²) in [6.07, 6.45) is 1.14. The van der Waals surface area contributed by atoms with E-state index in [4.69, 9.17) is 4.74 Å². The summed E-state index contributed by atoms with van der Waals surface area (Å²) in [6, 6.07) is 4.32. The van der Waals surface area contributed by atoms with Crippen LogP contribution in [0.1, 0.15) is 11.3 Å². The first-order valence-electron chi connectivity index (χ1n) is 8.14. The number of hydrogen-bond donors (Lipinski definition) is 0. The first-order chi connectivity index (χ1) is 10.8. The van der Waals surface area contributed by atoms with Gasteiger partial charge in [0.25, 0.3) is 0 Å². The van der Waals surface area contributed by atoms with Gasteiger partial charge in [-0.25, -0.2) is 0 Å². The molecule has 0 saturated carbocycles. The van der Waals surface area contributed by atoms with Crippen LogP contribution in [0.2, 0.25) is 0 Å². The van der Waals surface area contributed by atoms with E-state index in [0.29, 0.717) is 19.8 Å². The van der Waals surface area contributed by atoms with Gasteiger partial charge in [0.2, 0.25) is 5.91 Å². The number of morpholine rings is 1. The highest BCUT2D eigenvalue weighted by atomic mass is 32.1. The Morgan fingerprint density at radius 3 is 2.64 bits per heavy atom. The molecule has 6 heteroatoms. The van der Waals surface area contributed by atoms with Gasteiger partial charge in [0.05, 0.1) is 19.8 Å². The molecule has 2 saturated heterocycles. The summed E-state index contributed by atoms with van der Waals surface area (Å²) in [5, 5.41) is 2.14. The fourth-order valence-electron chi connectivity index (χ4n) is 3.07. The zero-order valence-corrected chi connectivity index (χ0v) is 13.9. The topological polar surface area (TPSA) is 36.0 Å². The lowest BCUT2D eigenvalue weighted by Gasteiger charge is -2.29. The molecule has 2 aliphatic rings. The Hall–Kier alpha value is -0.950. The van der Waals surface area contributed by atoms with Crippen LogP contribution in [0.4, 0.5) is 0 Å². The molecule has 0 N–H and O–H groups in total. The molecule has 1 aromatic heterocycles. The van der Waals surface area contributed by atoms with E-state index >= 15 is 0 Å². The first kappa shape index (κ1) is 15.9. The van der Waals surface area contributed by atoms with Gasteiger partial charge in [-0.05, 0) is 31.0 Å². The second-order valence-electron chi connectivity index (χ2n) is 5.98. The van der Waals surface area contributed by atoms with Crippen molar-refractivity contribution >= 4 is 17.2 Å². The van der Waals surface area contributed by atoms with E-state index < -0.39 is 0 Å². The van der Waals surface area contributed by atoms with Crippen molar-refractivity contribution in [2.24, 2.45) is 0 Å². The van der Waals surface area contributed by atoms with Crippen molar-refractivity contribution in [2.75, 3.05) is 59.0 Å². The number of nitrogens with zero attached hydrogens (tertiary/aromatic N) is 3. The average Bonchev–Trinajstić information content (AvgIpc) is 2.96. The Kier molecular flexibility index (Phi) is 5.83. The smallest absolute Gasteiger partial charge is 0.236 e. The molecule has 3 heterocycles. The third kappa shape index (κ3) is 4.52. The maximum Gasteiger partial charge on any atom is 0.236 e. The van der Waals surface area contributed by atoms with Crippen LogP contribution in [0.25, 0.3) is 0 Å². The van der Waals surface area contributed by atoms with Gasteiger partial charge >= 0.3 is 0 Å². The summed E-state index contributed by atoms with van der Waals surface area (Å²) in [7, 11) is 0. The molecule has 5 nitrogen and oxygen atoms in total. The van der Waals surface area contributed by atoms with Crippen LogP contribution in [-0.2, 0) is 16.1 Å². The van der Waals surface area contributed by atoms with Gasteiger partial charge in [-0.3, -0.25) is 14.6 Å². The summed E-state index contributed by atoms with van der Waals surface area (Å²) in [6.45, 7) is 8.65. The predicted octanol–water partition coefficient (Wildman–Crippen LogP) is 1.11. The monoisotopic (exact) mass is 323 g/mol. The number of thiophene rings is 1. The SMILES string of the molecule is O=C(CN1CCCN(Cc2cccs2)CC1)N1CCOCC1. The lowest BCUT2D eigenvalue weighted by molar-refractivity contribution is -0.136. The number of ether oxygens (including phenoxy) is 1. The summed E-state index contributed by atoms with van der Waals surface area (Å²) in [5.74, 6) is 0.259. The number of rotatable bonds is 4. The average molecular weight is 323 g/mol. The number of amides is 1. The Morgan fingerprint density at radius 2 is 1.86 bits per heavy atom. The molecule has 2 aliphatic heterocycles. The maximum atomic E-state index is 12.3. The van der Waals surface area contributed by atoms with Crippen LogP contribution in [0, 0.1) is 0 Å². The quantitative estimate of drug-likeness (QED) is 0.832. The predicted molar refractivity (Wildman–Crippen MR) is 88.1 cm³/mol. The van der Waals surface area contributed by atoms with Crippen molar-refractivity contribution in [1.82, 2.24) is 14.7 Å². The van der Waals surface area contributed by atoms with Gasteiger partial charge < -0.3 is 9.64 Å². The second-order valence-corrected chi connectivity index (χ2v) is 7.01. The minimum atomic E-state index is 0.259. The van der Waals surface area contributed by atoms with E-state index in [0.717, 1.165) is 52.2 Å². The summed E-state index contributed by atoms with van der Waals surface area (Å²) < 4.78 is 5.31. The lowest BCUT2D eigenvalue weighted by Crippen LogP contribution is -2.46. The fourth-order valence-corrected chi connectivity index (χ4v) is 3.81. The van der Waals surface area contributed by atoms with E-state index in [9.17, 15) is 4.79 Å². The van der Waals surface area contributed by atoms with Crippen molar-refractivity contribution in [3.05, 3.63) is 22.4 Å². The largest absolute Gasteiger partial charge is 0.378 e. The van der Waals surface area contributed by atoms with Gasteiger partial charge in [-0.1, -0.05) is 6.07 Å². The second kappa shape index (κ2) is 8.06. The Labute approximate surface area is 136 Å². The molecule has 1 aromatic rings. The van der Waals surface area contributed by atoms with E-state index in [1.807, 2.05) is 16.2 Å². The highest BCUT2D eigenvalue weighted by Gasteiger charge is 2.21. The van der Waals surface area contributed by atoms with Crippen LogP contribution < -0.4 is 0 Å². The zero-order chi connectivity index (χ0) is 15.2. The molecular weight excluding hydrogens is 298 g/mol. The summed E-state index contributed by atoms with van der Waals surface area (Å²) in [4.78, 5) is 20.5. The number of carbonyl (C=O) groups is 1. The van der Waals surface area contributed by atoms with Gasteiger partial charge in [-0.2, -0.15) is 0 Å². The number of carbonyl (C=O) groups excluding carboxylic acids is 1. The van der Waals surface area contributed by atoms with Gasteiger partial charge in [0.15, 0.2) is 0 Å². The molecule has 3 rings (SSSR count). The van der Waals surface area contributed by atoms with Gasteiger partial charge in [0, 0.05) is 37.6 Å².